The van der Waals surface area contributed by atoms with Gasteiger partial charge in [-0.1, -0.05) is 13.0 Å². The minimum atomic E-state index is -0.448. The fraction of sp³-hybridized carbons (Fsp3) is 0.684. The van der Waals surface area contributed by atoms with Crippen LogP contribution in [0.2, 0.25) is 0 Å². The Hall–Kier alpha value is -1.78. The summed E-state index contributed by atoms with van der Waals surface area (Å²) in [7, 11) is 0. The van der Waals surface area contributed by atoms with Crippen LogP contribution in [0.3, 0.4) is 0 Å². The van der Waals surface area contributed by atoms with E-state index in [2.05, 4.69) is 24.3 Å². The lowest BCUT2D eigenvalue weighted by molar-refractivity contribution is 0.0000858. The first kappa shape index (κ1) is 17.1. The number of aryl methyl sites for hydroxylation is 1. The zero-order valence-electron chi connectivity index (χ0n) is 15.3. The van der Waals surface area contributed by atoms with Gasteiger partial charge in [-0.25, -0.2) is 4.79 Å². The molecule has 5 heteroatoms. The average molecular weight is 331 g/mol. The Bertz CT molecular complexity index is 627. The van der Waals surface area contributed by atoms with Crippen molar-refractivity contribution in [3.05, 3.63) is 24.0 Å². The first-order valence-corrected chi connectivity index (χ1v) is 9.12. The molecule has 1 amide bonds. The Labute approximate surface area is 144 Å². The monoisotopic (exact) mass is 331 g/mol. The highest BCUT2D eigenvalue weighted by atomic mass is 16.6. The predicted molar refractivity (Wildman–Crippen MR) is 94.6 cm³/mol. The molecule has 0 spiro atoms. The van der Waals surface area contributed by atoms with Crippen LogP contribution in [0.4, 0.5) is 4.79 Å². The number of rotatable bonds is 3. The van der Waals surface area contributed by atoms with Crippen molar-refractivity contribution in [3.8, 4) is 0 Å². The smallest absolute Gasteiger partial charge is 0.411 e. The van der Waals surface area contributed by atoms with E-state index in [9.17, 15) is 4.79 Å². The van der Waals surface area contributed by atoms with E-state index in [0.29, 0.717) is 0 Å². The van der Waals surface area contributed by atoms with Gasteiger partial charge in [-0.05, 0) is 58.4 Å². The zero-order valence-corrected chi connectivity index (χ0v) is 15.3. The number of carbonyl (C=O) groups excluding carboxylic acids is 1. The minimum Gasteiger partial charge on any atom is -0.444 e. The molecule has 3 heterocycles. The lowest BCUT2D eigenvalue weighted by Gasteiger charge is -2.45. The molecule has 24 heavy (non-hydrogen) atoms. The van der Waals surface area contributed by atoms with Gasteiger partial charge >= 0.3 is 6.09 Å². The molecule has 1 fully saturated rings. The first-order chi connectivity index (χ1) is 11.4. The molecule has 2 aliphatic rings. The topological polar surface area (TPSA) is 47.4 Å². The largest absolute Gasteiger partial charge is 0.444 e. The molecule has 5 nitrogen and oxygen atoms in total. The van der Waals surface area contributed by atoms with Gasteiger partial charge in [0, 0.05) is 24.3 Å². The molecule has 0 N–H and O–H groups in total. The van der Waals surface area contributed by atoms with Gasteiger partial charge in [0.15, 0.2) is 0 Å². The SMILES string of the molecule is CCCn1cc(C2=CC3CCCC(C2)N3C(=O)OC(C)(C)C)cn1. The molecule has 1 aromatic rings. The summed E-state index contributed by atoms with van der Waals surface area (Å²) in [5.74, 6) is 0. The molecule has 0 saturated carbocycles. The molecule has 2 bridgehead atoms. The number of aromatic nitrogens is 2. The first-order valence-electron chi connectivity index (χ1n) is 9.12. The van der Waals surface area contributed by atoms with Gasteiger partial charge < -0.3 is 4.74 Å². The van der Waals surface area contributed by atoms with Crippen molar-refractivity contribution in [2.75, 3.05) is 0 Å². The van der Waals surface area contributed by atoms with E-state index in [1.165, 1.54) is 17.6 Å². The molecule has 0 radical (unpaired) electrons. The molecule has 0 aromatic carbocycles. The Morgan fingerprint density at radius 2 is 2.17 bits per heavy atom. The summed E-state index contributed by atoms with van der Waals surface area (Å²) >= 11 is 0. The standard InChI is InChI=1S/C19H29N3O2/c1-5-9-21-13-15(12-20-21)14-10-16-7-6-8-17(11-14)22(16)18(23)24-19(2,3)4/h10,12-13,16-17H,5-9,11H2,1-4H3. The van der Waals surface area contributed by atoms with E-state index in [0.717, 1.165) is 32.2 Å². The van der Waals surface area contributed by atoms with Gasteiger partial charge in [0.1, 0.15) is 5.60 Å². The Kier molecular flexibility index (Phi) is 4.70. The summed E-state index contributed by atoms with van der Waals surface area (Å²) < 4.78 is 7.64. The lowest BCUT2D eigenvalue weighted by Crippen LogP contribution is -2.52. The van der Waals surface area contributed by atoms with Crippen molar-refractivity contribution in [1.82, 2.24) is 14.7 Å². The number of amides is 1. The molecule has 1 aromatic heterocycles. The van der Waals surface area contributed by atoms with Crippen LogP contribution in [0.15, 0.2) is 18.5 Å². The normalized spacial score (nSPS) is 23.8. The minimum absolute atomic E-state index is 0.150. The van der Waals surface area contributed by atoms with Gasteiger partial charge in [0.2, 0.25) is 0 Å². The molecule has 0 aliphatic carbocycles. The number of carbonyl (C=O) groups is 1. The molecule has 3 rings (SSSR count). The van der Waals surface area contributed by atoms with Crippen molar-refractivity contribution in [2.45, 2.75) is 84.0 Å². The molecule has 2 atom stereocenters. The quantitative estimate of drug-likeness (QED) is 0.832. The van der Waals surface area contributed by atoms with Gasteiger partial charge in [-0.3, -0.25) is 9.58 Å². The van der Waals surface area contributed by atoms with E-state index in [-0.39, 0.29) is 18.2 Å². The van der Waals surface area contributed by atoms with Crippen LogP contribution in [0, 0.1) is 0 Å². The highest BCUT2D eigenvalue weighted by Crippen LogP contribution is 2.37. The second-order valence-corrected chi connectivity index (χ2v) is 7.93. The van der Waals surface area contributed by atoms with Gasteiger partial charge in [-0.15, -0.1) is 0 Å². The molecule has 132 valence electrons. The second-order valence-electron chi connectivity index (χ2n) is 7.93. The number of ether oxygens (including phenoxy) is 1. The van der Waals surface area contributed by atoms with Crippen molar-refractivity contribution >= 4 is 11.7 Å². The Morgan fingerprint density at radius 1 is 1.38 bits per heavy atom. The van der Waals surface area contributed by atoms with Crippen molar-refractivity contribution in [2.24, 2.45) is 0 Å². The molecule has 1 saturated heterocycles. The van der Waals surface area contributed by atoms with Crippen LogP contribution in [-0.4, -0.2) is 38.5 Å². The third kappa shape index (κ3) is 3.65. The molecule has 2 unspecified atom stereocenters. The van der Waals surface area contributed by atoms with Gasteiger partial charge in [0.05, 0.1) is 12.2 Å². The zero-order chi connectivity index (χ0) is 17.3. The maximum atomic E-state index is 12.6. The van der Waals surface area contributed by atoms with Crippen LogP contribution in [-0.2, 0) is 11.3 Å². The summed E-state index contributed by atoms with van der Waals surface area (Å²) in [6.45, 7) is 8.88. The van der Waals surface area contributed by atoms with Crippen LogP contribution in [0.5, 0.6) is 0 Å². The highest BCUT2D eigenvalue weighted by Gasteiger charge is 2.39. The van der Waals surface area contributed by atoms with E-state index >= 15 is 0 Å². The van der Waals surface area contributed by atoms with Crippen molar-refractivity contribution in [3.63, 3.8) is 0 Å². The number of hydrogen-bond acceptors (Lipinski definition) is 3. The molecular weight excluding hydrogens is 302 g/mol. The van der Waals surface area contributed by atoms with Crippen molar-refractivity contribution < 1.29 is 9.53 Å². The Morgan fingerprint density at radius 3 is 2.83 bits per heavy atom. The van der Waals surface area contributed by atoms with Crippen LogP contribution >= 0.6 is 0 Å². The van der Waals surface area contributed by atoms with Crippen LogP contribution in [0.1, 0.15) is 65.4 Å². The maximum Gasteiger partial charge on any atom is 0.411 e. The molecule has 2 aliphatic heterocycles. The van der Waals surface area contributed by atoms with Gasteiger partial charge in [0.25, 0.3) is 0 Å². The summed E-state index contributed by atoms with van der Waals surface area (Å²) in [4.78, 5) is 14.6. The van der Waals surface area contributed by atoms with E-state index in [4.69, 9.17) is 4.74 Å². The molecular formula is C19H29N3O2. The summed E-state index contributed by atoms with van der Waals surface area (Å²) in [5, 5.41) is 4.45. The average Bonchev–Trinajstić information content (AvgIpc) is 2.93. The predicted octanol–water partition coefficient (Wildman–Crippen LogP) is 4.24. The fourth-order valence-electron chi connectivity index (χ4n) is 3.72. The highest BCUT2D eigenvalue weighted by molar-refractivity contribution is 5.74. The van der Waals surface area contributed by atoms with E-state index < -0.39 is 5.60 Å². The number of piperidine rings is 1. The van der Waals surface area contributed by atoms with Crippen LogP contribution in [0.25, 0.3) is 5.57 Å². The third-order valence-corrected chi connectivity index (χ3v) is 4.70. The fourth-order valence-corrected chi connectivity index (χ4v) is 3.72. The maximum absolute atomic E-state index is 12.6. The number of hydrogen-bond donors (Lipinski definition) is 0. The summed E-state index contributed by atoms with van der Waals surface area (Å²) in [6.07, 6.45) is 11.4. The third-order valence-electron chi connectivity index (χ3n) is 4.70. The van der Waals surface area contributed by atoms with E-state index in [1.807, 2.05) is 36.5 Å². The van der Waals surface area contributed by atoms with Crippen LogP contribution < -0.4 is 0 Å². The van der Waals surface area contributed by atoms with E-state index in [1.54, 1.807) is 0 Å². The van der Waals surface area contributed by atoms with Gasteiger partial charge in [-0.2, -0.15) is 5.10 Å². The lowest BCUT2D eigenvalue weighted by atomic mass is 9.84. The summed E-state index contributed by atoms with van der Waals surface area (Å²) in [6, 6.07) is 0.394. The Balaban J connectivity index is 1.80. The van der Waals surface area contributed by atoms with Crippen molar-refractivity contribution in [1.29, 1.82) is 0 Å². The summed E-state index contributed by atoms with van der Waals surface area (Å²) in [5.41, 5.74) is 2.08. The second kappa shape index (κ2) is 6.61. The number of fused-ring (bicyclic) bond motifs is 2. The number of nitrogens with zero attached hydrogens (tertiary/aromatic N) is 3.